The number of aromatic nitrogens is 2. The summed E-state index contributed by atoms with van der Waals surface area (Å²) >= 11 is 0. The third kappa shape index (κ3) is 2.28. The van der Waals surface area contributed by atoms with Gasteiger partial charge in [-0.15, -0.1) is 0 Å². The Bertz CT molecular complexity index is 477. The van der Waals surface area contributed by atoms with Crippen molar-refractivity contribution in [2.75, 3.05) is 5.32 Å². The number of hydrogen-bond donors (Lipinski definition) is 2. The average Bonchev–Trinajstić information content (AvgIpc) is 2.79. The van der Waals surface area contributed by atoms with E-state index in [9.17, 15) is 4.79 Å². The van der Waals surface area contributed by atoms with Crippen LogP contribution < -0.4 is 5.32 Å². The summed E-state index contributed by atoms with van der Waals surface area (Å²) in [5, 5.41) is 3.20. The van der Waals surface area contributed by atoms with Crippen LogP contribution in [0.25, 0.3) is 0 Å². The van der Waals surface area contributed by atoms with Crippen molar-refractivity contribution in [3.63, 3.8) is 0 Å². The zero-order valence-corrected chi connectivity index (χ0v) is 9.03. The Morgan fingerprint density at radius 3 is 3.06 bits per heavy atom. The highest BCUT2D eigenvalue weighted by Gasteiger charge is 2.01. The van der Waals surface area contributed by atoms with Crippen molar-refractivity contribution in [2.45, 2.75) is 13.5 Å². The fourth-order valence-electron chi connectivity index (χ4n) is 1.50. The van der Waals surface area contributed by atoms with Gasteiger partial charge in [-0.25, -0.2) is 4.98 Å². The molecule has 0 fully saturated rings. The Balaban J connectivity index is 2.14. The highest BCUT2D eigenvalue weighted by molar-refractivity contribution is 5.84. The molecule has 16 heavy (non-hydrogen) atoms. The Labute approximate surface area is 93.7 Å². The van der Waals surface area contributed by atoms with Gasteiger partial charge in [0.15, 0.2) is 6.29 Å². The maximum Gasteiger partial charge on any atom is 0.152 e. The first-order valence-electron chi connectivity index (χ1n) is 5.06. The summed E-state index contributed by atoms with van der Waals surface area (Å²) in [5.74, 6) is 0. The van der Waals surface area contributed by atoms with Gasteiger partial charge >= 0.3 is 0 Å². The minimum Gasteiger partial charge on any atom is -0.379 e. The standard InChI is InChI=1S/C12H13N3O/c1-9-2-3-10(7-16)12(4-9)14-6-11-5-13-8-15-11/h2-5,7-8,14H,6H2,1H3,(H,13,15). The molecule has 4 nitrogen and oxygen atoms in total. The molecule has 0 amide bonds. The van der Waals surface area contributed by atoms with Gasteiger partial charge in [0.1, 0.15) is 0 Å². The summed E-state index contributed by atoms with van der Waals surface area (Å²) in [5.41, 5.74) is 3.63. The van der Waals surface area contributed by atoms with Gasteiger partial charge < -0.3 is 10.3 Å². The predicted molar refractivity (Wildman–Crippen MR) is 62.5 cm³/mol. The number of carbonyl (C=O) groups is 1. The molecule has 2 rings (SSSR count). The van der Waals surface area contributed by atoms with Crippen molar-refractivity contribution >= 4 is 12.0 Å². The van der Waals surface area contributed by atoms with Crippen LogP contribution in [0.5, 0.6) is 0 Å². The van der Waals surface area contributed by atoms with Crippen LogP contribution in [0.4, 0.5) is 5.69 Å². The molecule has 0 saturated heterocycles. The van der Waals surface area contributed by atoms with E-state index in [1.54, 1.807) is 12.5 Å². The molecule has 4 heteroatoms. The van der Waals surface area contributed by atoms with E-state index in [2.05, 4.69) is 15.3 Å². The van der Waals surface area contributed by atoms with Crippen molar-refractivity contribution in [3.05, 3.63) is 47.5 Å². The summed E-state index contributed by atoms with van der Waals surface area (Å²) < 4.78 is 0. The van der Waals surface area contributed by atoms with Crippen LogP contribution in [0.1, 0.15) is 21.6 Å². The number of imidazole rings is 1. The molecule has 1 aromatic carbocycles. The fraction of sp³-hybridized carbons (Fsp3) is 0.167. The van der Waals surface area contributed by atoms with Crippen LogP contribution in [0, 0.1) is 6.92 Å². The number of anilines is 1. The summed E-state index contributed by atoms with van der Waals surface area (Å²) in [4.78, 5) is 17.8. The summed E-state index contributed by atoms with van der Waals surface area (Å²) in [6.07, 6.45) is 4.24. The lowest BCUT2D eigenvalue weighted by Crippen LogP contribution is -2.02. The SMILES string of the molecule is Cc1ccc(C=O)c(NCc2cnc[nH]2)c1. The van der Waals surface area contributed by atoms with Crippen molar-refractivity contribution < 1.29 is 4.79 Å². The molecule has 0 spiro atoms. The number of rotatable bonds is 4. The number of aldehydes is 1. The first-order valence-corrected chi connectivity index (χ1v) is 5.06. The van der Waals surface area contributed by atoms with Crippen LogP contribution in [0.2, 0.25) is 0 Å². The minimum atomic E-state index is 0.629. The second-order valence-corrected chi connectivity index (χ2v) is 3.64. The van der Waals surface area contributed by atoms with Gasteiger partial charge in [0.2, 0.25) is 0 Å². The molecule has 0 aliphatic heterocycles. The number of aryl methyl sites for hydroxylation is 1. The highest BCUT2D eigenvalue weighted by Crippen LogP contribution is 2.16. The van der Waals surface area contributed by atoms with Crippen molar-refractivity contribution in [3.8, 4) is 0 Å². The number of aromatic amines is 1. The molecule has 2 aromatic rings. The number of carbonyl (C=O) groups excluding carboxylic acids is 1. The van der Waals surface area contributed by atoms with Gasteiger partial charge in [-0.05, 0) is 24.6 Å². The molecule has 0 atom stereocenters. The topological polar surface area (TPSA) is 57.8 Å². The molecule has 0 aliphatic rings. The monoisotopic (exact) mass is 215 g/mol. The van der Waals surface area contributed by atoms with Crippen molar-refractivity contribution in [1.29, 1.82) is 0 Å². The number of hydrogen-bond acceptors (Lipinski definition) is 3. The maximum absolute atomic E-state index is 10.8. The number of nitrogens with zero attached hydrogens (tertiary/aromatic N) is 1. The van der Waals surface area contributed by atoms with Crippen LogP contribution in [0.15, 0.2) is 30.7 Å². The van der Waals surface area contributed by atoms with Crippen LogP contribution in [-0.4, -0.2) is 16.3 Å². The first-order chi connectivity index (χ1) is 7.79. The lowest BCUT2D eigenvalue weighted by atomic mass is 10.1. The fourth-order valence-corrected chi connectivity index (χ4v) is 1.50. The maximum atomic E-state index is 10.8. The number of nitrogens with one attached hydrogen (secondary N) is 2. The predicted octanol–water partition coefficient (Wildman–Crippen LogP) is 2.14. The van der Waals surface area contributed by atoms with E-state index < -0.39 is 0 Å². The number of benzene rings is 1. The lowest BCUT2D eigenvalue weighted by molar-refractivity contribution is 0.112. The summed E-state index contributed by atoms with van der Waals surface area (Å²) in [6, 6.07) is 5.70. The third-order valence-electron chi connectivity index (χ3n) is 2.36. The largest absolute Gasteiger partial charge is 0.379 e. The Morgan fingerprint density at radius 2 is 2.38 bits per heavy atom. The van der Waals surface area contributed by atoms with E-state index in [-0.39, 0.29) is 0 Å². The first kappa shape index (κ1) is 10.4. The zero-order valence-electron chi connectivity index (χ0n) is 9.03. The van der Waals surface area contributed by atoms with E-state index in [4.69, 9.17) is 0 Å². The van der Waals surface area contributed by atoms with Crippen molar-refractivity contribution in [2.24, 2.45) is 0 Å². The molecule has 0 bridgehead atoms. The Morgan fingerprint density at radius 1 is 1.50 bits per heavy atom. The Hall–Kier alpha value is -2.10. The second-order valence-electron chi connectivity index (χ2n) is 3.64. The van der Waals surface area contributed by atoms with Gasteiger partial charge in [0.25, 0.3) is 0 Å². The molecular formula is C12H13N3O. The summed E-state index contributed by atoms with van der Waals surface area (Å²) in [7, 11) is 0. The normalized spacial score (nSPS) is 10.1. The molecule has 0 radical (unpaired) electrons. The van der Waals surface area contributed by atoms with Gasteiger partial charge in [0, 0.05) is 17.4 Å². The minimum absolute atomic E-state index is 0.629. The molecule has 2 N–H and O–H groups in total. The molecule has 1 heterocycles. The van der Waals surface area contributed by atoms with Gasteiger partial charge in [-0.1, -0.05) is 6.07 Å². The average molecular weight is 215 g/mol. The Kier molecular flexibility index (Phi) is 3.00. The van der Waals surface area contributed by atoms with Gasteiger partial charge in [-0.3, -0.25) is 4.79 Å². The smallest absolute Gasteiger partial charge is 0.152 e. The van der Waals surface area contributed by atoms with Crippen LogP contribution in [0.3, 0.4) is 0 Å². The van der Waals surface area contributed by atoms with Crippen LogP contribution in [-0.2, 0) is 6.54 Å². The lowest BCUT2D eigenvalue weighted by Gasteiger charge is -2.08. The van der Waals surface area contributed by atoms with Gasteiger partial charge in [0.05, 0.1) is 18.6 Å². The van der Waals surface area contributed by atoms with E-state index in [1.165, 1.54) is 0 Å². The van der Waals surface area contributed by atoms with Crippen LogP contribution >= 0.6 is 0 Å². The zero-order chi connectivity index (χ0) is 11.4. The summed E-state index contributed by atoms with van der Waals surface area (Å²) in [6.45, 7) is 2.63. The van der Waals surface area contributed by atoms with Gasteiger partial charge in [-0.2, -0.15) is 0 Å². The highest BCUT2D eigenvalue weighted by atomic mass is 16.1. The molecular weight excluding hydrogens is 202 g/mol. The molecule has 82 valence electrons. The van der Waals surface area contributed by atoms with E-state index in [0.29, 0.717) is 12.1 Å². The quantitative estimate of drug-likeness (QED) is 0.768. The second kappa shape index (κ2) is 4.61. The van der Waals surface area contributed by atoms with E-state index in [0.717, 1.165) is 23.2 Å². The third-order valence-corrected chi connectivity index (χ3v) is 2.36. The molecule has 0 aliphatic carbocycles. The van der Waals surface area contributed by atoms with E-state index in [1.807, 2.05) is 25.1 Å². The molecule has 0 unspecified atom stereocenters. The van der Waals surface area contributed by atoms with E-state index >= 15 is 0 Å². The number of H-pyrrole nitrogens is 1. The molecule has 1 aromatic heterocycles. The van der Waals surface area contributed by atoms with Crippen molar-refractivity contribution in [1.82, 2.24) is 9.97 Å². The molecule has 0 saturated carbocycles.